The van der Waals surface area contributed by atoms with Gasteiger partial charge in [0.15, 0.2) is 11.3 Å². The van der Waals surface area contributed by atoms with Crippen LogP contribution in [0, 0.1) is 0 Å². The first-order chi connectivity index (χ1) is 28.2. The maximum Gasteiger partial charge on any atom is 0.176 e. The summed E-state index contributed by atoms with van der Waals surface area (Å²) in [5, 5.41) is 54.2. The van der Waals surface area contributed by atoms with Gasteiger partial charge in [0, 0.05) is 60.1 Å². The number of azide groups is 1. The van der Waals surface area contributed by atoms with Crippen LogP contribution in [0.1, 0.15) is 49.9 Å². The molecule has 4 aromatic carbocycles. The van der Waals surface area contributed by atoms with Crippen molar-refractivity contribution in [2.45, 2.75) is 39.9 Å². The van der Waals surface area contributed by atoms with Gasteiger partial charge < -0.3 is 30.3 Å². The fourth-order valence-electron chi connectivity index (χ4n) is 4.32. The van der Waals surface area contributed by atoms with Gasteiger partial charge in [-0.05, 0) is 60.1 Å². The number of benzene rings is 4. The number of hydrogen-bond donors (Lipinski definition) is 4. The quantitative estimate of drug-likeness (QED) is 0.0257. The molecular weight excluding hydrogens is 982 g/mol. The van der Waals surface area contributed by atoms with Gasteiger partial charge >= 0.3 is 0 Å². The predicted octanol–water partition coefficient (Wildman–Crippen LogP) is 13.9. The lowest BCUT2D eigenvalue weighted by molar-refractivity contribution is 0.0390. The first-order valence-corrected chi connectivity index (χ1v) is 19.8. The topological polar surface area (TPSA) is 198 Å². The molecule has 6 rings (SSSR count). The van der Waals surface area contributed by atoms with Crippen LogP contribution in [0.4, 0.5) is 0 Å². The second-order valence-electron chi connectivity index (χ2n) is 11.2. The van der Waals surface area contributed by atoms with Crippen molar-refractivity contribution in [3.63, 3.8) is 0 Å². The number of aliphatic hydroxyl groups excluding tert-OH is 2. The van der Waals surface area contributed by atoms with E-state index in [1.807, 2.05) is 0 Å². The molecular formula is C39H40Cl9N7O6. The molecule has 0 spiro atoms. The minimum absolute atomic E-state index is 0. The van der Waals surface area contributed by atoms with E-state index in [9.17, 15) is 0 Å². The summed E-state index contributed by atoms with van der Waals surface area (Å²) in [6, 6.07) is 20.0. The molecule has 2 atom stereocenters. The number of nitrogens with zero attached hydrogens (tertiary/aromatic N) is 7. The number of rotatable bonds is 8. The summed E-state index contributed by atoms with van der Waals surface area (Å²) in [5.41, 5.74) is 12.4. The lowest BCUT2D eigenvalue weighted by atomic mass is 10.1. The summed E-state index contributed by atoms with van der Waals surface area (Å²) >= 11 is 51.9. The van der Waals surface area contributed by atoms with Crippen molar-refractivity contribution in [2.24, 2.45) is 25.7 Å². The number of hydrogen-bond acceptors (Lipinski definition) is 11. The van der Waals surface area contributed by atoms with Crippen molar-refractivity contribution in [3.05, 3.63) is 158 Å². The molecule has 0 aromatic heterocycles. The maximum atomic E-state index is 8.89. The second kappa shape index (κ2) is 31.2. The van der Waals surface area contributed by atoms with Crippen molar-refractivity contribution >= 4 is 127 Å². The summed E-state index contributed by atoms with van der Waals surface area (Å²) in [6.45, 7) is 3.53. The molecule has 0 aliphatic carbocycles. The van der Waals surface area contributed by atoms with Gasteiger partial charge in [-0.3, -0.25) is 0 Å². The zero-order chi connectivity index (χ0) is 43.9. The molecule has 2 aliphatic rings. The van der Waals surface area contributed by atoms with Gasteiger partial charge in [0.1, 0.15) is 6.10 Å². The van der Waals surface area contributed by atoms with Crippen LogP contribution in [0.5, 0.6) is 0 Å². The van der Waals surface area contributed by atoms with E-state index in [0.29, 0.717) is 64.1 Å². The average Bonchev–Trinajstić information content (AvgIpc) is 3.89. The Balaban J connectivity index is 0.000000765. The molecule has 0 radical (unpaired) electrons. The van der Waals surface area contributed by atoms with Gasteiger partial charge in [0.25, 0.3) is 0 Å². The highest BCUT2D eigenvalue weighted by Gasteiger charge is 2.24. The van der Waals surface area contributed by atoms with Crippen LogP contribution >= 0.6 is 104 Å². The Morgan fingerprint density at radius 1 is 0.721 bits per heavy atom. The summed E-state index contributed by atoms with van der Waals surface area (Å²) in [5.74, 6) is 0. The van der Waals surface area contributed by atoms with Crippen LogP contribution in [0.25, 0.3) is 10.4 Å². The summed E-state index contributed by atoms with van der Waals surface area (Å²) in [6.07, 6.45) is 3.34. The lowest BCUT2D eigenvalue weighted by Crippen LogP contribution is -2.12. The molecule has 2 heterocycles. The molecule has 4 N–H and O–H groups in total. The third-order valence-electron chi connectivity index (χ3n) is 7.03. The van der Waals surface area contributed by atoms with E-state index in [1.54, 1.807) is 66.7 Å². The summed E-state index contributed by atoms with van der Waals surface area (Å²) in [7, 11) is 0. The third-order valence-corrected chi connectivity index (χ3v) is 9.52. The van der Waals surface area contributed by atoms with Gasteiger partial charge in [-0.1, -0.05) is 169 Å². The molecule has 2 aliphatic heterocycles. The van der Waals surface area contributed by atoms with E-state index < -0.39 is 0 Å². The fourth-order valence-corrected chi connectivity index (χ4v) is 6.53. The highest BCUT2D eigenvalue weighted by Crippen LogP contribution is 2.28. The van der Waals surface area contributed by atoms with E-state index in [2.05, 4.69) is 37.2 Å². The van der Waals surface area contributed by atoms with E-state index >= 15 is 0 Å². The van der Waals surface area contributed by atoms with Gasteiger partial charge in [-0.2, -0.15) is 0 Å². The molecule has 0 unspecified atom stereocenters. The first-order valence-electron chi connectivity index (χ1n) is 16.4. The highest BCUT2D eigenvalue weighted by molar-refractivity contribution is 6.70. The Kier molecular flexibility index (Phi) is 29.3. The minimum atomic E-state index is -0.258. The Labute approximate surface area is 398 Å². The zero-order valence-corrected chi connectivity index (χ0v) is 36.9. The molecule has 0 saturated heterocycles. The third kappa shape index (κ3) is 20.4. The average molecular weight is 1020 g/mol. The summed E-state index contributed by atoms with van der Waals surface area (Å²) in [4.78, 5) is 12.8. The molecule has 0 bridgehead atoms. The number of oxime groups is 4. The van der Waals surface area contributed by atoms with Crippen molar-refractivity contribution in [3.8, 4) is 0 Å². The Bertz CT molecular complexity index is 2190. The van der Waals surface area contributed by atoms with E-state index in [-0.39, 0.29) is 52.0 Å². The maximum absolute atomic E-state index is 8.89. The van der Waals surface area contributed by atoms with E-state index in [1.165, 1.54) is 18.4 Å². The monoisotopic (exact) mass is 1020 g/mol. The molecule has 0 amide bonds. The van der Waals surface area contributed by atoms with Gasteiger partial charge in [0.2, 0.25) is 0 Å². The van der Waals surface area contributed by atoms with Crippen LogP contribution in [0.3, 0.4) is 0 Å². The molecule has 22 heteroatoms. The van der Waals surface area contributed by atoms with Gasteiger partial charge in [-0.15, -0.1) is 6.58 Å². The standard InChI is InChI=1S/C10H8Cl2N4O.C10H9Cl2NO2.C7H4Cl3NO.C7H5Cl2NO.C3H6O.2CH4/c11-6-1-2-8(9(12)3-6)10-4-7(17-15-10)5-14-16-13;11-6-1-2-8(9(12)3-6)10-4-7(5-14)15-13-10;8-4-1-2-5(6(9)3-4)7(10)11-12;8-6-2-1-5(4-10-11)7(9)3-6;1-2-3-4;;/h1-3,7H,4-5H2;1-3,7,14H,4-5H2;1-3,12H;1-4,11H;2,4H,1,3H2;2*1H4/b;;11-7-;10-4+;;;/t2*7-;;;;;/m11...../s1. The van der Waals surface area contributed by atoms with Crippen molar-refractivity contribution in [2.75, 3.05) is 19.8 Å². The lowest BCUT2D eigenvalue weighted by Gasteiger charge is -2.04. The van der Waals surface area contributed by atoms with Gasteiger partial charge in [-0.25, -0.2) is 0 Å². The van der Waals surface area contributed by atoms with Crippen LogP contribution in [-0.4, -0.2) is 75.4 Å². The summed E-state index contributed by atoms with van der Waals surface area (Å²) < 4.78 is 0. The molecule has 0 fully saturated rings. The van der Waals surface area contributed by atoms with E-state index in [4.69, 9.17) is 140 Å². The van der Waals surface area contributed by atoms with Crippen molar-refractivity contribution < 1.29 is 30.3 Å². The highest BCUT2D eigenvalue weighted by atomic mass is 35.5. The van der Waals surface area contributed by atoms with Crippen LogP contribution in [-0.2, 0) is 9.68 Å². The minimum Gasteiger partial charge on any atom is -0.411 e. The van der Waals surface area contributed by atoms with Crippen molar-refractivity contribution in [1.82, 2.24) is 0 Å². The molecule has 0 saturated carbocycles. The van der Waals surface area contributed by atoms with Crippen molar-refractivity contribution in [1.29, 1.82) is 0 Å². The number of aliphatic hydroxyl groups is 2. The first kappa shape index (κ1) is 57.3. The molecule has 13 nitrogen and oxygen atoms in total. The Morgan fingerprint density at radius 3 is 1.56 bits per heavy atom. The SMILES string of the molecule is C.C.C=CCO.O/N=C(\Cl)c1ccc(Cl)cc1Cl.O/N=C/c1ccc(Cl)cc1Cl.OC[C@H]1CC(c2ccc(Cl)cc2Cl)=NO1.[N-]=[N+]=NC[C@H]1CC(c2ccc(Cl)cc2Cl)=NO1. The zero-order valence-electron chi connectivity index (χ0n) is 30.1. The van der Waals surface area contributed by atoms with E-state index in [0.717, 1.165) is 22.6 Å². The fraction of sp³-hybridized carbons (Fsp3) is 0.231. The molecule has 330 valence electrons. The Hall–Kier alpha value is -3.66. The Morgan fingerprint density at radius 2 is 1.16 bits per heavy atom. The predicted molar refractivity (Wildman–Crippen MR) is 253 cm³/mol. The largest absolute Gasteiger partial charge is 0.411 e. The van der Waals surface area contributed by atoms with Crippen LogP contribution < -0.4 is 0 Å². The van der Waals surface area contributed by atoms with Crippen LogP contribution in [0.2, 0.25) is 40.2 Å². The molecule has 61 heavy (non-hydrogen) atoms. The van der Waals surface area contributed by atoms with Gasteiger partial charge in [0.05, 0.1) is 57.5 Å². The second-order valence-corrected chi connectivity index (χ2v) is 14.9. The smallest absolute Gasteiger partial charge is 0.176 e. The van der Waals surface area contributed by atoms with Crippen LogP contribution in [0.15, 0.2) is 111 Å². The number of halogens is 9. The molecule has 4 aromatic rings. The normalized spacial score (nSPS) is 14.6.